The molecule has 1 saturated carbocycles. The molecule has 3 heteroatoms. The summed E-state index contributed by atoms with van der Waals surface area (Å²) in [6, 6.07) is 8.58. The van der Waals surface area contributed by atoms with Crippen LogP contribution in [-0.2, 0) is 16.7 Å². The fraction of sp³-hybridized carbons (Fsp3) is 0.611. The van der Waals surface area contributed by atoms with Crippen LogP contribution in [0.2, 0.25) is 0 Å². The zero-order chi connectivity index (χ0) is 15.0. The number of carbonyl (C=O) groups excluding carboxylic acids is 1. The maximum atomic E-state index is 12.5. The minimum atomic E-state index is -0.353. The molecule has 0 unspecified atom stereocenters. The summed E-state index contributed by atoms with van der Waals surface area (Å²) >= 11 is 0. The first-order valence-corrected chi connectivity index (χ1v) is 7.90. The number of hydrogen-bond acceptors (Lipinski definition) is 2. The zero-order valence-corrected chi connectivity index (χ0v) is 13.3. The van der Waals surface area contributed by atoms with Crippen LogP contribution in [-0.4, -0.2) is 22.1 Å². The highest BCUT2D eigenvalue weighted by molar-refractivity contribution is 5.74. The number of benzene rings is 1. The van der Waals surface area contributed by atoms with Crippen molar-refractivity contribution in [3.8, 4) is 0 Å². The number of carbonyl (C=O) groups is 1. The number of hydrogen-bond donors (Lipinski definition) is 0. The summed E-state index contributed by atoms with van der Waals surface area (Å²) < 4.78 is 5.84. The highest BCUT2D eigenvalue weighted by Crippen LogP contribution is 2.61. The molecule has 1 amide bonds. The Morgan fingerprint density at radius 3 is 2.67 bits per heavy atom. The van der Waals surface area contributed by atoms with Gasteiger partial charge in [-0.1, -0.05) is 38.1 Å². The SMILES string of the molecule is CC1(C)c2ccccc2CN2C(=O)O[C@]3(C)CC[C@@H]1[C@]23C. The average Bonchev–Trinajstić information content (AvgIpc) is 2.74. The Bertz CT molecular complexity index is 638. The van der Waals surface area contributed by atoms with E-state index in [0.29, 0.717) is 12.5 Å². The van der Waals surface area contributed by atoms with E-state index in [1.54, 1.807) is 0 Å². The number of amides is 1. The molecule has 0 aromatic heterocycles. The lowest BCUT2D eigenvalue weighted by Gasteiger charge is -2.45. The maximum absolute atomic E-state index is 12.5. The third-order valence-corrected chi connectivity index (χ3v) is 6.66. The van der Waals surface area contributed by atoms with Gasteiger partial charge in [-0.2, -0.15) is 0 Å². The van der Waals surface area contributed by atoms with Gasteiger partial charge in [0.1, 0.15) is 5.60 Å². The molecule has 2 fully saturated rings. The molecule has 0 N–H and O–H groups in total. The standard InChI is InChI=1S/C18H23NO2/c1-16(2)13-8-6-5-7-12(13)11-19-15(20)21-17(3)10-9-14(16)18(17,19)4/h5-8,14H,9-11H2,1-4H3/t14-,17+,18-/m0/s1. The van der Waals surface area contributed by atoms with Gasteiger partial charge in [-0.3, -0.25) is 4.90 Å². The predicted octanol–water partition coefficient (Wildman–Crippen LogP) is 3.86. The first-order valence-electron chi connectivity index (χ1n) is 7.90. The van der Waals surface area contributed by atoms with Crippen molar-refractivity contribution in [2.45, 2.75) is 63.6 Å². The zero-order valence-electron chi connectivity index (χ0n) is 13.3. The van der Waals surface area contributed by atoms with E-state index in [0.717, 1.165) is 12.8 Å². The number of fused-ring (bicyclic) bond motifs is 1. The summed E-state index contributed by atoms with van der Waals surface area (Å²) in [4.78, 5) is 14.5. The molecule has 3 atom stereocenters. The van der Waals surface area contributed by atoms with Crippen molar-refractivity contribution in [2.75, 3.05) is 0 Å². The van der Waals surface area contributed by atoms with Crippen LogP contribution >= 0.6 is 0 Å². The molecule has 1 aromatic carbocycles. The Kier molecular flexibility index (Phi) is 2.28. The lowest BCUT2D eigenvalue weighted by atomic mass is 9.64. The molecule has 3 nitrogen and oxygen atoms in total. The van der Waals surface area contributed by atoms with Crippen molar-refractivity contribution >= 4 is 6.09 Å². The Labute approximate surface area is 126 Å². The Hall–Kier alpha value is -1.51. The molecule has 2 heterocycles. The van der Waals surface area contributed by atoms with Crippen LogP contribution < -0.4 is 0 Å². The highest BCUT2D eigenvalue weighted by atomic mass is 16.6. The number of rotatable bonds is 0. The second-order valence-corrected chi connectivity index (χ2v) is 7.80. The smallest absolute Gasteiger partial charge is 0.411 e. The first-order chi connectivity index (χ1) is 9.81. The maximum Gasteiger partial charge on any atom is 0.411 e. The lowest BCUT2D eigenvalue weighted by Crippen LogP contribution is -2.57. The Morgan fingerprint density at radius 2 is 1.90 bits per heavy atom. The minimum Gasteiger partial charge on any atom is -0.441 e. The van der Waals surface area contributed by atoms with Gasteiger partial charge in [-0.05, 0) is 49.1 Å². The third-order valence-electron chi connectivity index (χ3n) is 6.66. The average molecular weight is 285 g/mol. The van der Waals surface area contributed by atoms with Crippen LogP contribution in [0.4, 0.5) is 4.79 Å². The topological polar surface area (TPSA) is 29.5 Å². The molecule has 0 spiro atoms. The van der Waals surface area contributed by atoms with Crippen molar-refractivity contribution in [1.29, 1.82) is 0 Å². The van der Waals surface area contributed by atoms with Crippen LogP contribution in [0.3, 0.4) is 0 Å². The van der Waals surface area contributed by atoms with Crippen LogP contribution in [0.25, 0.3) is 0 Å². The van der Waals surface area contributed by atoms with Crippen LogP contribution in [0.5, 0.6) is 0 Å². The molecule has 1 aromatic rings. The molecule has 112 valence electrons. The van der Waals surface area contributed by atoms with Gasteiger partial charge >= 0.3 is 6.09 Å². The van der Waals surface area contributed by atoms with Crippen LogP contribution in [0.15, 0.2) is 24.3 Å². The minimum absolute atomic E-state index is 0.0475. The third kappa shape index (κ3) is 1.33. The van der Waals surface area contributed by atoms with Gasteiger partial charge in [0.2, 0.25) is 0 Å². The molecule has 21 heavy (non-hydrogen) atoms. The molecule has 0 radical (unpaired) electrons. The molecule has 0 bridgehead atoms. The monoisotopic (exact) mass is 285 g/mol. The quantitative estimate of drug-likeness (QED) is 0.724. The fourth-order valence-corrected chi connectivity index (χ4v) is 5.32. The summed E-state index contributed by atoms with van der Waals surface area (Å²) in [7, 11) is 0. The number of nitrogens with zero attached hydrogens (tertiary/aromatic N) is 1. The number of ether oxygens (including phenoxy) is 1. The lowest BCUT2D eigenvalue weighted by molar-refractivity contribution is 0.00545. The second-order valence-electron chi connectivity index (χ2n) is 7.80. The summed E-state index contributed by atoms with van der Waals surface area (Å²) in [5.74, 6) is 0.421. The fourth-order valence-electron chi connectivity index (χ4n) is 5.32. The largest absolute Gasteiger partial charge is 0.441 e. The van der Waals surface area contributed by atoms with E-state index in [2.05, 4.69) is 52.0 Å². The molecule has 2 aliphatic heterocycles. The Morgan fingerprint density at radius 1 is 1.19 bits per heavy atom. The Balaban J connectivity index is 1.98. The van der Waals surface area contributed by atoms with E-state index in [1.807, 2.05) is 4.90 Å². The molecule has 3 aliphatic rings. The van der Waals surface area contributed by atoms with Crippen molar-refractivity contribution < 1.29 is 9.53 Å². The van der Waals surface area contributed by atoms with E-state index >= 15 is 0 Å². The van der Waals surface area contributed by atoms with E-state index in [-0.39, 0.29) is 22.6 Å². The van der Waals surface area contributed by atoms with E-state index < -0.39 is 0 Å². The highest BCUT2D eigenvalue weighted by Gasteiger charge is 2.70. The molecule has 1 saturated heterocycles. The van der Waals surface area contributed by atoms with Crippen molar-refractivity contribution in [3.63, 3.8) is 0 Å². The van der Waals surface area contributed by atoms with Crippen molar-refractivity contribution in [2.24, 2.45) is 5.92 Å². The van der Waals surface area contributed by atoms with Gasteiger partial charge in [0.05, 0.1) is 12.1 Å². The van der Waals surface area contributed by atoms with Gasteiger partial charge in [-0.15, -0.1) is 0 Å². The van der Waals surface area contributed by atoms with Crippen LogP contribution in [0.1, 0.15) is 51.7 Å². The van der Waals surface area contributed by atoms with Gasteiger partial charge in [0.15, 0.2) is 0 Å². The van der Waals surface area contributed by atoms with Gasteiger partial charge in [0, 0.05) is 0 Å². The van der Waals surface area contributed by atoms with Crippen LogP contribution in [0, 0.1) is 5.92 Å². The van der Waals surface area contributed by atoms with Gasteiger partial charge in [-0.25, -0.2) is 4.79 Å². The van der Waals surface area contributed by atoms with Gasteiger partial charge in [0.25, 0.3) is 0 Å². The second kappa shape index (κ2) is 3.63. The summed E-state index contributed by atoms with van der Waals surface area (Å²) in [5.41, 5.74) is 2.13. The molecule has 1 aliphatic carbocycles. The van der Waals surface area contributed by atoms with E-state index in [4.69, 9.17) is 4.74 Å². The van der Waals surface area contributed by atoms with Crippen molar-refractivity contribution in [1.82, 2.24) is 4.90 Å². The first kappa shape index (κ1) is 13.2. The predicted molar refractivity (Wildman–Crippen MR) is 81.0 cm³/mol. The van der Waals surface area contributed by atoms with E-state index in [9.17, 15) is 4.79 Å². The van der Waals surface area contributed by atoms with Gasteiger partial charge < -0.3 is 4.74 Å². The summed E-state index contributed by atoms with van der Waals surface area (Å²) in [6.45, 7) is 9.70. The molecular weight excluding hydrogens is 262 g/mol. The van der Waals surface area contributed by atoms with Crippen molar-refractivity contribution in [3.05, 3.63) is 35.4 Å². The van der Waals surface area contributed by atoms with E-state index in [1.165, 1.54) is 11.1 Å². The normalized spacial score (nSPS) is 39.5. The summed E-state index contributed by atoms with van der Waals surface area (Å²) in [5, 5.41) is 0. The summed E-state index contributed by atoms with van der Waals surface area (Å²) in [6.07, 6.45) is 1.93. The molecular formula is C18H23NO2. The molecule has 4 rings (SSSR count).